The minimum absolute atomic E-state index is 0. The molecule has 0 saturated carbocycles. The maximum Gasteiger partial charge on any atom is -1.00 e. The molecule has 0 bridgehead atoms. The average molecular weight is 658 g/mol. The van der Waals surface area contributed by atoms with Crippen molar-refractivity contribution in [2.75, 3.05) is 0 Å². The molecule has 0 amide bonds. The van der Waals surface area contributed by atoms with Crippen molar-refractivity contribution in [2.45, 2.75) is 55.4 Å². The van der Waals surface area contributed by atoms with Gasteiger partial charge < -0.3 is 24.8 Å². The standard InChI is InChI=1S/C13H10.2C9H13.2ClH.Hf/c1-3-7-12(8-4-1)11-13-9-5-2-6-10-13;2*1-6-5-7(2)9(4)8(6)3;;;/h1-10H;2*6H,1-4H3;2*1H;/q;;;;;+2/p-2. The van der Waals surface area contributed by atoms with Crippen LogP contribution in [0.25, 0.3) is 0 Å². The zero-order valence-corrected chi connectivity index (χ0v) is 26.8. The Balaban J connectivity index is 0.00000204. The predicted octanol–water partition coefficient (Wildman–Crippen LogP) is 2.40. The van der Waals surface area contributed by atoms with E-state index in [0.29, 0.717) is 11.8 Å². The Morgan fingerprint density at radius 1 is 0.529 bits per heavy atom. The molecule has 34 heavy (non-hydrogen) atoms. The minimum Gasteiger partial charge on any atom is -1.00 e. The molecule has 2 aliphatic rings. The first-order valence-electron chi connectivity index (χ1n) is 11.9. The Morgan fingerprint density at radius 3 is 1.12 bits per heavy atom. The smallest absolute Gasteiger partial charge is 1.00 e. The quantitative estimate of drug-likeness (QED) is 0.444. The number of allylic oxidation sites excluding steroid dienone is 8. The van der Waals surface area contributed by atoms with Crippen molar-refractivity contribution < 1.29 is 45.8 Å². The number of hydrogen-bond acceptors (Lipinski definition) is 0. The third-order valence-electron chi connectivity index (χ3n) is 8.19. The predicted molar refractivity (Wildman–Crippen MR) is 137 cm³/mol. The van der Waals surface area contributed by atoms with E-state index in [1.807, 2.05) is 0 Å². The Kier molecular flexibility index (Phi) is 9.91. The minimum atomic E-state index is -2.75. The molecule has 4 rings (SSSR count). The van der Waals surface area contributed by atoms with Gasteiger partial charge >= 0.3 is 203 Å². The number of halogens is 2. The van der Waals surface area contributed by atoms with Crippen molar-refractivity contribution in [3.05, 3.63) is 112 Å². The summed E-state index contributed by atoms with van der Waals surface area (Å²) >= 11 is -2.75. The second-order valence-corrected chi connectivity index (χ2v) is 18.0. The van der Waals surface area contributed by atoms with E-state index in [0.717, 1.165) is 0 Å². The van der Waals surface area contributed by atoms with Crippen LogP contribution in [-0.2, 0) is 21.0 Å². The maximum atomic E-state index is 2.46. The molecule has 2 atom stereocenters. The fraction of sp³-hybridized carbons (Fsp3) is 0.323. The Hall–Kier alpha value is -1.28. The third kappa shape index (κ3) is 4.86. The van der Waals surface area contributed by atoms with Crippen LogP contribution in [0.2, 0.25) is 0 Å². The van der Waals surface area contributed by atoms with Crippen LogP contribution in [-0.4, -0.2) is 3.26 Å². The van der Waals surface area contributed by atoms with Crippen LogP contribution in [0.1, 0.15) is 66.5 Å². The molecule has 2 aromatic carbocycles. The van der Waals surface area contributed by atoms with E-state index < -0.39 is 21.0 Å². The Bertz CT molecular complexity index is 1130. The number of benzene rings is 2. The second kappa shape index (κ2) is 11.6. The normalized spacial score (nSPS) is 19.7. The van der Waals surface area contributed by atoms with E-state index in [1.54, 1.807) is 32.2 Å². The summed E-state index contributed by atoms with van der Waals surface area (Å²) in [4.78, 5) is 0. The Morgan fingerprint density at radius 2 is 0.853 bits per heavy atom. The molecular weight excluding hydrogens is 622 g/mol. The molecule has 2 aliphatic carbocycles. The largest absolute Gasteiger partial charge is 1.00 e. The van der Waals surface area contributed by atoms with Crippen molar-refractivity contribution in [1.82, 2.24) is 0 Å². The summed E-state index contributed by atoms with van der Waals surface area (Å²) in [5.41, 5.74) is 12.2. The number of rotatable bonds is 4. The molecule has 0 aliphatic heterocycles. The third-order valence-corrected chi connectivity index (χ3v) is 21.7. The monoisotopic (exact) mass is 658 g/mol. The van der Waals surface area contributed by atoms with E-state index in [-0.39, 0.29) is 24.8 Å². The molecule has 0 saturated heterocycles. The zero-order valence-electron chi connectivity index (χ0n) is 21.7. The van der Waals surface area contributed by atoms with Gasteiger partial charge in [-0.2, -0.15) is 0 Å². The molecule has 0 aromatic heterocycles. The topological polar surface area (TPSA) is 0 Å². The van der Waals surface area contributed by atoms with Crippen molar-refractivity contribution in [2.24, 2.45) is 11.8 Å². The van der Waals surface area contributed by atoms with Gasteiger partial charge in [0, 0.05) is 0 Å². The van der Waals surface area contributed by atoms with Crippen molar-refractivity contribution in [3.8, 4) is 0 Å². The van der Waals surface area contributed by atoms with E-state index in [2.05, 4.69) is 116 Å². The average Bonchev–Trinajstić information content (AvgIpc) is 3.12. The van der Waals surface area contributed by atoms with Gasteiger partial charge in [-0.25, -0.2) is 0 Å². The van der Waals surface area contributed by atoms with Crippen molar-refractivity contribution in [1.29, 1.82) is 0 Å². The van der Waals surface area contributed by atoms with Crippen LogP contribution in [0.4, 0.5) is 0 Å². The summed E-state index contributed by atoms with van der Waals surface area (Å²) in [6, 6.07) is 22.5. The van der Waals surface area contributed by atoms with E-state index in [9.17, 15) is 0 Å². The van der Waals surface area contributed by atoms with Crippen LogP contribution in [0.3, 0.4) is 0 Å². The van der Waals surface area contributed by atoms with Crippen LogP contribution >= 0.6 is 0 Å². The van der Waals surface area contributed by atoms with Gasteiger partial charge in [-0.1, -0.05) is 0 Å². The molecule has 2 aromatic rings. The fourth-order valence-electron chi connectivity index (χ4n) is 5.61. The first-order valence-corrected chi connectivity index (χ1v) is 17.3. The summed E-state index contributed by atoms with van der Waals surface area (Å²) in [7, 11) is 0. The summed E-state index contributed by atoms with van der Waals surface area (Å²) in [6.07, 6.45) is 0. The van der Waals surface area contributed by atoms with Gasteiger partial charge in [0.05, 0.1) is 0 Å². The SMILES string of the molecule is CC1=C(C)C(C)[C]([Hf+2]([C]2=C(C)C(C)=C(C)C2C)=[C](c2ccccc2)c2ccccc2)=C1C.[Cl-].[Cl-]. The van der Waals surface area contributed by atoms with Crippen LogP contribution in [0.15, 0.2) is 101 Å². The van der Waals surface area contributed by atoms with Gasteiger partial charge in [0.15, 0.2) is 0 Å². The van der Waals surface area contributed by atoms with Gasteiger partial charge in [0.2, 0.25) is 0 Å². The summed E-state index contributed by atoms with van der Waals surface area (Å²) in [6.45, 7) is 19.1. The van der Waals surface area contributed by atoms with E-state index >= 15 is 0 Å². The van der Waals surface area contributed by atoms with E-state index in [1.165, 1.54) is 22.3 Å². The van der Waals surface area contributed by atoms with E-state index in [4.69, 9.17) is 0 Å². The van der Waals surface area contributed by atoms with Crippen LogP contribution < -0.4 is 24.8 Å². The molecule has 0 radical (unpaired) electrons. The first-order chi connectivity index (χ1) is 15.3. The van der Waals surface area contributed by atoms with Crippen LogP contribution in [0, 0.1) is 11.8 Å². The van der Waals surface area contributed by atoms with Crippen molar-refractivity contribution in [3.63, 3.8) is 0 Å². The molecule has 0 spiro atoms. The van der Waals surface area contributed by atoms with Gasteiger partial charge in [0.25, 0.3) is 0 Å². The first kappa shape index (κ1) is 29.0. The molecule has 0 heterocycles. The van der Waals surface area contributed by atoms with Gasteiger partial charge in [-0.05, 0) is 0 Å². The summed E-state index contributed by atoms with van der Waals surface area (Å²) in [5.74, 6) is 1.10. The summed E-state index contributed by atoms with van der Waals surface area (Å²) < 4.78 is 5.26. The molecule has 0 N–H and O–H groups in total. The van der Waals surface area contributed by atoms with Crippen molar-refractivity contribution >= 4 is 3.26 Å². The summed E-state index contributed by atoms with van der Waals surface area (Å²) in [5, 5.41) is 0. The molecule has 0 nitrogen and oxygen atoms in total. The van der Waals surface area contributed by atoms with Gasteiger partial charge in [-0.3, -0.25) is 0 Å². The molecule has 0 fully saturated rings. The zero-order chi connectivity index (χ0) is 23.2. The Labute approximate surface area is 226 Å². The molecule has 3 heteroatoms. The van der Waals surface area contributed by atoms with Gasteiger partial charge in [-0.15, -0.1) is 0 Å². The number of hydrogen-bond donors (Lipinski definition) is 0. The second-order valence-electron chi connectivity index (χ2n) is 9.62. The van der Waals surface area contributed by atoms with Crippen LogP contribution in [0.5, 0.6) is 0 Å². The molecular formula is C31H36Cl2Hf. The fourth-order valence-corrected chi connectivity index (χ4v) is 20.6. The molecule has 2 unspecified atom stereocenters. The van der Waals surface area contributed by atoms with Gasteiger partial charge in [0.1, 0.15) is 0 Å². The molecule has 178 valence electrons. The maximum absolute atomic E-state index is 2.75.